The molecule has 1 unspecified atom stereocenters. The summed E-state index contributed by atoms with van der Waals surface area (Å²) in [4.78, 5) is 2.96. The minimum atomic E-state index is -4.77. The van der Waals surface area contributed by atoms with Crippen molar-refractivity contribution in [3.05, 3.63) is 59.7 Å². The average Bonchev–Trinajstić information content (AvgIpc) is 2.61. The van der Waals surface area contributed by atoms with Crippen molar-refractivity contribution in [3.8, 4) is 0 Å². The SMILES string of the molecule is O=S(=O)(c1cc(C(F)(F)F)ccc1F)N1CCNCC1c1cccnc1. The molecule has 26 heavy (non-hydrogen) atoms. The normalized spacial score (nSPS) is 19.5. The van der Waals surface area contributed by atoms with Crippen molar-refractivity contribution in [1.29, 1.82) is 0 Å². The van der Waals surface area contributed by atoms with E-state index < -0.39 is 38.5 Å². The Bertz CT molecular complexity index is 888. The zero-order valence-corrected chi connectivity index (χ0v) is 14.2. The number of hydrogen-bond donors (Lipinski definition) is 1. The van der Waals surface area contributed by atoms with Crippen LogP contribution in [-0.4, -0.2) is 37.3 Å². The molecule has 0 amide bonds. The molecule has 1 saturated heterocycles. The molecule has 0 radical (unpaired) electrons. The van der Waals surface area contributed by atoms with Crippen molar-refractivity contribution in [3.63, 3.8) is 0 Å². The molecule has 1 fully saturated rings. The topological polar surface area (TPSA) is 62.3 Å². The smallest absolute Gasteiger partial charge is 0.313 e. The van der Waals surface area contributed by atoms with E-state index in [0.29, 0.717) is 30.3 Å². The van der Waals surface area contributed by atoms with E-state index in [1.165, 1.54) is 12.4 Å². The van der Waals surface area contributed by atoms with E-state index in [0.717, 1.165) is 4.31 Å². The van der Waals surface area contributed by atoms with Crippen LogP contribution in [0.3, 0.4) is 0 Å². The minimum absolute atomic E-state index is 0.00240. The molecule has 0 saturated carbocycles. The molecule has 1 atom stereocenters. The number of pyridine rings is 1. The summed E-state index contributed by atoms with van der Waals surface area (Å²) in [6, 6.07) is 3.97. The van der Waals surface area contributed by atoms with Crippen LogP contribution in [0.5, 0.6) is 0 Å². The number of hydrogen-bond acceptors (Lipinski definition) is 4. The summed E-state index contributed by atoms with van der Waals surface area (Å²) in [5, 5.41) is 3.03. The molecule has 1 N–H and O–H groups in total. The lowest BCUT2D eigenvalue weighted by molar-refractivity contribution is -0.137. The highest BCUT2D eigenvalue weighted by molar-refractivity contribution is 7.89. The predicted octanol–water partition coefficient (Wildman–Crippen LogP) is 2.57. The van der Waals surface area contributed by atoms with Crippen molar-refractivity contribution in [2.24, 2.45) is 0 Å². The molecule has 0 aliphatic carbocycles. The second kappa shape index (κ2) is 6.93. The van der Waals surface area contributed by atoms with E-state index in [2.05, 4.69) is 10.3 Å². The van der Waals surface area contributed by atoms with Gasteiger partial charge in [-0.05, 0) is 29.8 Å². The maximum Gasteiger partial charge on any atom is 0.416 e. The predicted molar refractivity (Wildman–Crippen MR) is 85.1 cm³/mol. The van der Waals surface area contributed by atoms with Gasteiger partial charge in [0.15, 0.2) is 0 Å². The molecule has 1 aromatic carbocycles. The number of alkyl halides is 3. The Labute approximate surface area is 147 Å². The molecule has 10 heteroatoms. The lowest BCUT2D eigenvalue weighted by Gasteiger charge is -2.35. The van der Waals surface area contributed by atoms with Gasteiger partial charge in [0.05, 0.1) is 11.6 Å². The van der Waals surface area contributed by atoms with Crippen LogP contribution in [0.4, 0.5) is 17.6 Å². The van der Waals surface area contributed by atoms with Gasteiger partial charge >= 0.3 is 6.18 Å². The van der Waals surface area contributed by atoms with E-state index in [4.69, 9.17) is 0 Å². The van der Waals surface area contributed by atoms with Crippen LogP contribution in [-0.2, 0) is 16.2 Å². The lowest BCUT2D eigenvalue weighted by Crippen LogP contribution is -2.48. The molecule has 5 nitrogen and oxygen atoms in total. The quantitative estimate of drug-likeness (QED) is 0.820. The van der Waals surface area contributed by atoms with Crippen LogP contribution >= 0.6 is 0 Å². The Morgan fingerprint density at radius 3 is 2.65 bits per heavy atom. The average molecular weight is 389 g/mol. The van der Waals surface area contributed by atoms with E-state index in [1.54, 1.807) is 12.1 Å². The Balaban J connectivity index is 2.06. The standard InChI is InChI=1S/C16H15F4N3O2S/c17-13-4-3-12(16(18,19)20)8-15(13)26(24,25)23-7-6-22-10-14(23)11-2-1-5-21-9-11/h1-5,8-9,14,22H,6-7,10H2. The van der Waals surface area contributed by atoms with Gasteiger partial charge in [0, 0.05) is 32.0 Å². The van der Waals surface area contributed by atoms with Gasteiger partial charge in [-0.2, -0.15) is 17.5 Å². The second-order valence-corrected chi connectivity index (χ2v) is 7.62. The molecule has 1 aliphatic rings. The summed E-state index contributed by atoms with van der Waals surface area (Å²) >= 11 is 0. The molecule has 1 aliphatic heterocycles. The van der Waals surface area contributed by atoms with Crippen LogP contribution in [0.1, 0.15) is 17.2 Å². The summed E-state index contributed by atoms with van der Waals surface area (Å²) in [5.74, 6) is -1.22. The van der Waals surface area contributed by atoms with Gasteiger partial charge in [-0.1, -0.05) is 6.07 Å². The van der Waals surface area contributed by atoms with Gasteiger partial charge in [0.2, 0.25) is 10.0 Å². The fraction of sp³-hybridized carbons (Fsp3) is 0.312. The molecule has 2 aromatic rings. The molecule has 0 spiro atoms. The van der Waals surface area contributed by atoms with Crippen molar-refractivity contribution >= 4 is 10.0 Å². The first kappa shape index (κ1) is 18.7. The van der Waals surface area contributed by atoms with Crippen LogP contribution < -0.4 is 5.32 Å². The molecule has 140 valence electrons. The largest absolute Gasteiger partial charge is 0.416 e. The first-order valence-corrected chi connectivity index (χ1v) is 9.14. The Kier molecular flexibility index (Phi) is 5.00. The third-order valence-corrected chi connectivity index (χ3v) is 6.03. The first-order chi connectivity index (χ1) is 12.2. The maximum atomic E-state index is 14.1. The number of aromatic nitrogens is 1. The number of benzene rings is 1. The Hall–Kier alpha value is -2.04. The Morgan fingerprint density at radius 1 is 1.23 bits per heavy atom. The molecular weight excluding hydrogens is 374 g/mol. The van der Waals surface area contributed by atoms with E-state index in [1.807, 2.05) is 0 Å². The zero-order valence-electron chi connectivity index (χ0n) is 13.4. The fourth-order valence-electron chi connectivity index (χ4n) is 2.83. The summed E-state index contributed by atoms with van der Waals surface area (Å²) in [6.45, 7) is 0.541. The van der Waals surface area contributed by atoms with Crippen molar-refractivity contribution in [1.82, 2.24) is 14.6 Å². The van der Waals surface area contributed by atoms with Crippen LogP contribution in [0.15, 0.2) is 47.6 Å². The third-order valence-electron chi connectivity index (χ3n) is 4.11. The van der Waals surface area contributed by atoms with Gasteiger partial charge < -0.3 is 5.32 Å². The van der Waals surface area contributed by atoms with Gasteiger partial charge in [-0.25, -0.2) is 12.8 Å². The van der Waals surface area contributed by atoms with E-state index in [-0.39, 0.29) is 13.1 Å². The van der Waals surface area contributed by atoms with Gasteiger partial charge in [0.25, 0.3) is 0 Å². The monoisotopic (exact) mass is 389 g/mol. The summed E-state index contributed by atoms with van der Waals surface area (Å²) in [6.07, 6.45) is -1.78. The number of piperazine rings is 1. The fourth-order valence-corrected chi connectivity index (χ4v) is 4.54. The molecular formula is C16H15F4N3O2S. The summed E-state index contributed by atoms with van der Waals surface area (Å²) < 4.78 is 79.8. The van der Waals surface area contributed by atoms with Crippen molar-refractivity contribution in [2.75, 3.05) is 19.6 Å². The van der Waals surface area contributed by atoms with E-state index in [9.17, 15) is 26.0 Å². The van der Waals surface area contributed by atoms with Crippen molar-refractivity contribution in [2.45, 2.75) is 17.1 Å². The first-order valence-electron chi connectivity index (χ1n) is 7.70. The summed E-state index contributed by atoms with van der Waals surface area (Å²) in [5.41, 5.74) is -0.652. The summed E-state index contributed by atoms with van der Waals surface area (Å²) in [7, 11) is -4.48. The number of rotatable bonds is 3. The molecule has 2 heterocycles. The molecule has 3 rings (SSSR count). The number of sulfonamides is 1. The van der Waals surface area contributed by atoms with Gasteiger partial charge in [-0.3, -0.25) is 4.98 Å². The van der Waals surface area contributed by atoms with Gasteiger partial charge in [-0.15, -0.1) is 0 Å². The highest BCUT2D eigenvalue weighted by Gasteiger charge is 2.38. The number of halogens is 4. The highest BCUT2D eigenvalue weighted by Crippen LogP contribution is 2.34. The van der Waals surface area contributed by atoms with Crippen molar-refractivity contribution < 1.29 is 26.0 Å². The molecule has 0 bridgehead atoms. The van der Waals surface area contributed by atoms with Crippen LogP contribution in [0.2, 0.25) is 0 Å². The maximum absolute atomic E-state index is 14.1. The van der Waals surface area contributed by atoms with Gasteiger partial charge in [0.1, 0.15) is 10.7 Å². The number of nitrogens with one attached hydrogen (secondary N) is 1. The Morgan fingerprint density at radius 2 is 2.00 bits per heavy atom. The van der Waals surface area contributed by atoms with Crippen LogP contribution in [0, 0.1) is 5.82 Å². The highest BCUT2D eigenvalue weighted by atomic mass is 32.2. The lowest BCUT2D eigenvalue weighted by atomic mass is 10.1. The van der Waals surface area contributed by atoms with E-state index >= 15 is 0 Å². The van der Waals surface area contributed by atoms with Crippen LogP contribution in [0.25, 0.3) is 0 Å². The molecule has 1 aromatic heterocycles. The number of nitrogens with zero attached hydrogens (tertiary/aromatic N) is 2. The zero-order chi connectivity index (χ0) is 18.9. The second-order valence-electron chi connectivity index (χ2n) is 5.76. The third kappa shape index (κ3) is 3.57. The minimum Gasteiger partial charge on any atom is -0.313 e.